The summed E-state index contributed by atoms with van der Waals surface area (Å²) >= 11 is 0. The number of hydrogen-bond donors (Lipinski definition) is 2. The van der Waals surface area contributed by atoms with Gasteiger partial charge < -0.3 is 15.2 Å². The monoisotopic (exact) mass is 310 g/mol. The van der Waals surface area contributed by atoms with Crippen LogP contribution in [-0.4, -0.2) is 45.9 Å². The molecule has 1 aromatic rings. The molecule has 0 saturated heterocycles. The molecule has 0 radical (unpaired) electrons. The first-order valence-corrected chi connectivity index (χ1v) is 8.31. The van der Waals surface area contributed by atoms with Crippen LogP contribution in [0.5, 0.6) is 0 Å². The normalized spacial score (nSPS) is 24.4. The molecule has 2 N–H and O–H groups in total. The van der Waals surface area contributed by atoms with Crippen LogP contribution >= 0.6 is 0 Å². The van der Waals surface area contributed by atoms with E-state index in [1.807, 2.05) is 10.9 Å². The molecule has 2 rings (SSSR count). The maximum Gasteiger partial charge on any atom is 0.114 e. The number of nitrogens with one attached hydrogen (secondary N) is 1. The Balaban J connectivity index is 2.04. The maximum absolute atomic E-state index is 10.1. The molecular weight excluding hydrogens is 280 g/mol. The summed E-state index contributed by atoms with van der Waals surface area (Å²) in [6.07, 6.45) is 7.62. The summed E-state index contributed by atoms with van der Waals surface area (Å²) in [5.74, 6) is 0. The first-order chi connectivity index (χ1) is 10.4. The van der Waals surface area contributed by atoms with Gasteiger partial charge in [0.1, 0.15) is 11.3 Å². The molecule has 1 heterocycles. The van der Waals surface area contributed by atoms with Crippen LogP contribution in [0.1, 0.15) is 64.6 Å². The topological polar surface area (TPSA) is 72.2 Å². The van der Waals surface area contributed by atoms with Crippen LogP contribution in [0.25, 0.3) is 0 Å². The van der Waals surface area contributed by atoms with Gasteiger partial charge in [0.05, 0.1) is 12.2 Å². The van der Waals surface area contributed by atoms with Crippen molar-refractivity contribution in [1.82, 2.24) is 20.3 Å². The van der Waals surface area contributed by atoms with E-state index in [4.69, 9.17) is 4.74 Å². The van der Waals surface area contributed by atoms with Gasteiger partial charge in [0, 0.05) is 25.8 Å². The van der Waals surface area contributed by atoms with Crippen LogP contribution in [-0.2, 0) is 10.3 Å². The van der Waals surface area contributed by atoms with Crippen molar-refractivity contribution in [1.29, 1.82) is 0 Å². The minimum atomic E-state index is -0.943. The van der Waals surface area contributed by atoms with Crippen molar-refractivity contribution in [2.24, 2.45) is 0 Å². The van der Waals surface area contributed by atoms with Crippen molar-refractivity contribution in [3.05, 3.63) is 11.9 Å². The number of hydrogen-bond acceptors (Lipinski definition) is 5. The van der Waals surface area contributed by atoms with Crippen molar-refractivity contribution in [2.75, 3.05) is 13.7 Å². The van der Waals surface area contributed by atoms with Crippen molar-refractivity contribution >= 4 is 0 Å². The Hall–Kier alpha value is -0.980. The third-order valence-corrected chi connectivity index (χ3v) is 4.46. The summed E-state index contributed by atoms with van der Waals surface area (Å²) < 4.78 is 7.10. The zero-order chi connectivity index (χ0) is 16.2. The van der Waals surface area contributed by atoms with Gasteiger partial charge in [-0.05, 0) is 40.0 Å². The molecule has 0 amide bonds. The zero-order valence-corrected chi connectivity index (χ0v) is 14.2. The molecule has 1 aliphatic carbocycles. The quantitative estimate of drug-likeness (QED) is 0.806. The molecule has 0 aromatic carbocycles. The second-order valence-corrected chi connectivity index (χ2v) is 6.95. The molecule has 0 spiro atoms. The van der Waals surface area contributed by atoms with Gasteiger partial charge in [-0.3, -0.25) is 0 Å². The molecule has 6 nitrogen and oxygen atoms in total. The molecule has 0 aliphatic heterocycles. The highest BCUT2D eigenvalue weighted by Crippen LogP contribution is 2.29. The molecule has 126 valence electrons. The smallest absolute Gasteiger partial charge is 0.114 e. The SMILES string of the molecule is COCC[C@H](C)N[C@H]1CCCC[C@H]1n1cc(C(C)(C)O)nn1. The summed E-state index contributed by atoms with van der Waals surface area (Å²) in [4.78, 5) is 0. The highest BCUT2D eigenvalue weighted by Gasteiger charge is 2.30. The largest absolute Gasteiger partial charge is 0.385 e. The number of aromatic nitrogens is 3. The van der Waals surface area contributed by atoms with E-state index in [0.717, 1.165) is 25.9 Å². The second-order valence-electron chi connectivity index (χ2n) is 6.95. The summed E-state index contributed by atoms with van der Waals surface area (Å²) in [6, 6.07) is 1.13. The predicted octanol–water partition coefficient (Wildman–Crippen LogP) is 2.00. The minimum absolute atomic E-state index is 0.308. The Labute approximate surface area is 133 Å². The molecule has 1 aliphatic rings. The predicted molar refractivity (Wildman–Crippen MR) is 85.7 cm³/mol. The number of aliphatic hydroxyl groups is 1. The van der Waals surface area contributed by atoms with Gasteiger partial charge in [0.25, 0.3) is 0 Å². The summed E-state index contributed by atoms with van der Waals surface area (Å²) in [5, 5.41) is 22.2. The lowest BCUT2D eigenvalue weighted by Crippen LogP contribution is -2.44. The van der Waals surface area contributed by atoms with Gasteiger partial charge in [-0.1, -0.05) is 18.1 Å². The van der Waals surface area contributed by atoms with E-state index < -0.39 is 5.60 Å². The highest BCUT2D eigenvalue weighted by molar-refractivity contribution is 5.04. The van der Waals surface area contributed by atoms with Crippen LogP contribution in [0.3, 0.4) is 0 Å². The van der Waals surface area contributed by atoms with Crippen LogP contribution in [0.4, 0.5) is 0 Å². The Morgan fingerprint density at radius 1 is 1.45 bits per heavy atom. The number of methoxy groups -OCH3 is 1. The van der Waals surface area contributed by atoms with Gasteiger partial charge in [-0.15, -0.1) is 5.10 Å². The van der Waals surface area contributed by atoms with Crippen molar-refractivity contribution < 1.29 is 9.84 Å². The fourth-order valence-electron chi connectivity index (χ4n) is 3.08. The van der Waals surface area contributed by atoms with Gasteiger partial charge in [0.15, 0.2) is 0 Å². The van der Waals surface area contributed by atoms with Crippen LogP contribution in [0, 0.1) is 0 Å². The Kier molecular flexibility index (Phi) is 5.94. The molecule has 0 unspecified atom stereocenters. The van der Waals surface area contributed by atoms with Crippen LogP contribution in [0.15, 0.2) is 6.20 Å². The lowest BCUT2D eigenvalue weighted by molar-refractivity contribution is 0.0736. The standard InChI is InChI=1S/C16H30N4O2/c1-12(9-10-22-4)17-13-7-5-6-8-14(13)20-11-15(18-19-20)16(2,3)21/h11-14,17,21H,5-10H2,1-4H3/t12-,13-,14+/m0/s1. The Morgan fingerprint density at radius 3 is 2.82 bits per heavy atom. The van der Waals surface area contributed by atoms with Crippen LogP contribution < -0.4 is 5.32 Å². The van der Waals surface area contributed by atoms with E-state index in [1.54, 1.807) is 21.0 Å². The first-order valence-electron chi connectivity index (χ1n) is 8.31. The summed E-state index contributed by atoms with van der Waals surface area (Å²) in [7, 11) is 1.74. The fourth-order valence-corrected chi connectivity index (χ4v) is 3.08. The average Bonchev–Trinajstić information content (AvgIpc) is 2.95. The molecule has 1 saturated carbocycles. The van der Waals surface area contributed by atoms with Crippen molar-refractivity contribution in [3.63, 3.8) is 0 Å². The van der Waals surface area contributed by atoms with E-state index in [2.05, 4.69) is 22.6 Å². The molecule has 3 atom stereocenters. The van der Waals surface area contributed by atoms with Gasteiger partial charge >= 0.3 is 0 Å². The number of nitrogens with zero attached hydrogens (tertiary/aromatic N) is 3. The molecule has 0 bridgehead atoms. The fraction of sp³-hybridized carbons (Fsp3) is 0.875. The third kappa shape index (κ3) is 4.51. The average molecular weight is 310 g/mol. The molecule has 22 heavy (non-hydrogen) atoms. The second kappa shape index (κ2) is 7.53. The summed E-state index contributed by atoms with van der Waals surface area (Å²) in [5.41, 5.74) is -0.314. The highest BCUT2D eigenvalue weighted by atomic mass is 16.5. The maximum atomic E-state index is 10.1. The van der Waals surface area contributed by atoms with Crippen molar-refractivity contribution in [3.8, 4) is 0 Å². The number of rotatable bonds is 7. The molecule has 1 aromatic heterocycles. The van der Waals surface area contributed by atoms with Crippen molar-refractivity contribution in [2.45, 2.75) is 76.6 Å². The number of ether oxygens (including phenoxy) is 1. The molecular formula is C16H30N4O2. The van der Waals surface area contributed by atoms with E-state index in [9.17, 15) is 5.11 Å². The van der Waals surface area contributed by atoms with E-state index in [0.29, 0.717) is 23.8 Å². The van der Waals surface area contributed by atoms with E-state index in [1.165, 1.54) is 12.8 Å². The Bertz CT molecular complexity index is 455. The lowest BCUT2D eigenvalue weighted by Gasteiger charge is -2.34. The minimum Gasteiger partial charge on any atom is -0.385 e. The zero-order valence-electron chi connectivity index (χ0n) is 14.2. The van der Waals surface area contributed by atoms with Gasteiger partial charge in [0.2, 0.25) is 0 Å². The van der Waals surface area contributed by atoms with E-state index >= 15 is 0 Å². The van der Waals surface area contributed by atoms with Gasteiger partial charge in [-0.2, -0.15) is 0 Å². The van der Waals surface area contributed by atoms with Crippen LogP contribution in [0.2, 0.25) is 0 Å². The Morgan fingerprint density at radius 2 is 2.18 bits per heavy atom. The molecule has 1 fully saturated rings. The first kappa shape index (κ1) is 17.4. The third-order valence-electron chi connectivity index (χ3n) is 4.46. The van der Waals surface area contributed by atoms with E-state index in [-0.39, 0.29) is 0 Å². The van der Waals surface area contributed by atoms with Gasteiger partial charge in [-0.25, -0.2) is 4.68 Å². The summed E-state index contributed by atoms with van der Waals surface area (Å²) in [6.45, 7) is 6.46. The molecule has 6 heteroatoms. The lowest BCUT2D eigenvalue weighted by atomic mass is 9.89.